The van der Waals surface area contributed by atoms with Gasteiger partial charge in [-0.15, -0.1) is 0 Å². The minimum Gasteiger partial charge on any atom is -0.774 e. The summed E-state index contributed by atoms with van der Waals surface area (Å²) in [4.78, 5) is 12.4. The lowest BCUT2D eigenvalue weighted by molar-refractivity contribution is -0.681. The summed E-state index contributed by atoms with van der Waals surface area (Å²) >= 11 is 0. The Hall–Kier alpha value is -1.43. The lowest BCUT2D eigenvalue weighted by Gasteiger charge is -2.30. The molecule has 2 aromatic rings. The number of fused-ring (bicyclic) bond motifs is 1. The third-order valence-electron chi connectivity index (χ3n) is 3.41. The van der Waals surface area contributed by atoms with Gasteiger partial charge in [-0.05, 0) is 23.8 Å². The molecular weight excluding hydrogens is 305 g/mol. The Kier molecular flexibility index (Phi) is 5.56. The number of aromatic hydroxyl groups is 1. The van der Waals surface area contributed by atoms with Crippen molar-refractivity contribution in [3.05, 3.63) is 42.0 Å². The molecule has 0 spiro atoms. The molecule has 4 N–H and O–H groups in total. The first kappa shape index (κ1) is 16.9. The maximum absolute atomic E-state index is 12.4. The Bertz CT molecular complexity index is 691. The van der Waals surface area contributed by atoms with E-state index in [1.54, 1.807) is 25.1 Å². The molecule has 0 aromatic heterocycles. The topological polar surface area (TPSA) is 106 Å². The van der Waals surface area contributed by atoms with Crippen molar-refractivity contribution >= 4 is 18.4 Å². The molecule has 0 aliphatic heterocycles. The number of benzene rings is 2. The molecule has 0 heterocycles. The molecule has 0 aliphatic rings. The summed E-state index contributed by atoms with van der Waals surface area (Å²) in [5, 5.41) is 22.2. The van der Waals surface area contributed by atoms with Crippen LogP contribution in [0.25, 0.3) is 10.8 Å². The van der Waals surface area contributed by atoms with Crippen molar-refractivity contribution in [3.8, 4) is 5.75 Å². The van der Waals surface area contributed by atoms with Crippen molar-refractivity contribution in [2.75, 3.05) is 19.8 Å². The molecule has 6 nitrogen and oxygen atoms in total. The fourth-order valence-electron chi connectivity index (χ4n) is 2.49. The standard InChI is InChI=1S/C15H20NO5P/c1-2-21-22(19,20)15(16-9-10-17)14-12-6-4-3-5-11(12)7-8-13(14)18/h3-8,15-18H,2,9-10H2,1H3,(H,19,20)/t15-/m1/s1. The third-order valence-corrected chi connectivity index (χ3v) is 5.18. The Morgan fingerprint density at radius 1 is 1.32 bits per heavy atom. The number of phenols is 1. The summed E-state index contributed by atoms with van der Waals surface area (Å²) in [5.74, 6) is -1.21. The minimum atomic E-state index is -4.26. The lowest BCUT2D eigenvalue weighted by atomic mass is 10.0. The minimum absolute atomic E-state index is 0.0236. The number of quaternary nitrogens is 1. The van der Waals surface area contributed by atoms with E-state index in [0.717, 1.165) is 5.39 Å². The highest BCUT2D eigenvalue weighted by Crippen LogP contribution is 2.52. The first-order valence-corrected chi connectivity index (χ1v) is 8.72. The summed E-state index contributed by atoms with van der Waals surface area (Å²) in [6.45, 7) is 1.63. The van der Waals surface area contributed by atoms with E-state index in [2.05, 4.69) is 0 Å². The van der Waals surface area contributed by atoms with Gasteiger partial charge in [-0.2, -0.15) is 0 Å². The van der Waals surface area contributed by atoms with Gasteiger partial charge in [0.15, 0.2) is 13.4 Å². The maximum atomic E-state index is 12.4. The predicted molar refractivity (Wildman–Crippen MR) is 81.5 cm³/mol. The van der Waals surface area contributed by atoms with Gasteiger partial charge in [0.05, 0.1) is 25.3 Å². The average molecular weight is 325 g/mol. The van der Waals surface area contributed by atoms with Gasteiger partial charge in [0.2, 0.25) is 0 Å². The molecule has 0 saturated carbocycles. The van der Waals surface area contributed by atoms with Crippen LogP contribution in [0.2, 0.25) is 0 Å². The molecule has 2 aromatic carbocycles. The number of nitrogens with two attached hydrogens (primary N) is 1. The molecule has 0 amide bonds. The number of hydrogen-bond donors (Lipinski definition) is 3. The van der Waals surface area contributed by atoms with Crippen molar-refractivity contribution in [3.63, 3.8) is 0 Å². The highest BCUT2D eigenvalue weighted by Gasteiger charge is 2.32. The van der Waals surface area contributed by atoms with Crippen LogP contribution in [0.4, 0.5) is 0 Å². The molecule has 0 aliphatic carbocycles. The van der Waals surface area contributed by atoms with Crippen LogP contribution >= 0.6 is 7.60 Å². The monoisotopic (exact) mass is 325 g/mol. The zero-order chi connectivity index (χ0) is 16.2. The molecular formula is C15H20NO5P. The van der Waals surface area contributed by atoms with Crippen LogP contribution in [0.1, 0.15) is 18.3 Å². The van der Waals surface area contributed by atoms with Gasteiger partial charge < -0.3 is 29.5 Å². The van der Waals surface area contributed by atoms with Gasteiger partial charge in [0.1, 0.15) is 5.75 Å². The van der Waals surface area contributed by atoms with E-state index in [-0.39, 0.29) is 25.5 Å². The van der Waals surface area contributed by atoms with Gasteiger partial charge >= 0.3 is 0 Å². The van der Waals surface area contributed by atoms with Crippen molar-refractivity contribution in [1.82, 2.24) is 0 Å². The van der Waals surface area contributed by atoms with E-state index in [1.165, 1.54) is 11.4 Å². The smallest absolute Gasteiger partial charge is 0.197 e. The second-order valence-corrected chi connectivity index (χ2v) is 6.76. The predicted octanol–water partition coefficient (Wildman–Crippen LogP) is 0.690. The second-order valence-electron chi connectivity index (χ2n) is 4.87. The Balaban J connectivity index is 2.60. The summed E-state index contributed by atoms with van der Waals surface area (Å²) in [7, 11) is -4.26. The van der Waals surface area contributed by atoms with Crippen LogP contribution in [0.3, 0.4) is 0 Å². The number of hydrogen-bond acceptors (Lipinski definition) is 5. The molecule has 0 fully saturated rings. The first-order valence-electron chi connectivity index (χ1n) is 7.11. The summed E-state index contributed by atoms with van der Waals surface area (Å²) in [6, 6.07) is 10.4. The van der Waals surface area contributed by atoms with Crippen LogP contribution < -0.4 is 10.2 Å². The van der Waals surface area contributed by atoms with Crippen LogP contribution in [-0.2, 0) is 9.09 Å². The Morgan fingerprint density at radius 3 is 2.73 bits per heavy atom. The number of aliphatic hydroxyl groups is 1. The molecule has 0 bridgehead atoms. The zero-order valence-corrected chi connectivity index (χ0v) is 13.2. The van der Waals surface area contributed by atoms with Crippen molar-refractivity contribution in [2.45, 2.75) is 12.7 Å². The Labute approximate surface area is 128 Å². The normalized spacial score (nSPS) is 15.6. The van der Waals surface area contributed by atoms with Gasteiger partial charge in [-0.25, -0.2) is 0 Å². The fraction of sp³-hybridized carbons (Fsp3) is 0.333. The molecule has 0 radical (unpaired) electrons. The Morgan fingerprint density at radius 2 is 2.05 bits per heavy atom. The molecule has 0 saturated heterocycles. The van der Waals surface area contributed by atoms with Crippen molar-refractivity contribution in [2.24, 2.45) is 0 Å². The fourth-order valence-corrected chi connectivity index (χ4v) is 4.01. The van der Waals surface area contributed by atoms with Crippen LogP contribution in [0, 0.1) is 0 Å². The van der Waals surface area contributed by atoms with E-state index in [0.29, 0.717) is 10.9 Å². The SMILES string of the molecule is CCOP(=O)([O-])[C@@H]([NH2+]CCO)c1c(O)ccc2ccccc12. The maximum Gasteiger partial charge on any atom is 0.197 e. The molecule has 22 heavy (non-hydrogen) atoms. The lowest BCUT2D eigenvalue weighted by Crippen LogP contribution is -2.86. The summed E-state index contributed by atoms with van der Waals surface area (Å²) in [6.07, 6.45) is 0. The number of rotatable bonds is 7. The van der Waals surface area contributed by atoms with E-state index in [9.17, 15) is 14.6 Å². The first-order chi connectivity index (χ1) is 10.5. The van der Waals surface area contributed by atoms with Gasteiger partial charge in [-0.1, -0.05) is 30.3 Å². The molecule has 2 atom stereocenters. The van der Waals surface area contributed by atoms with Gasteiger partial charge in [0.25, 0.3) is 0 Å². The average Bonchev–Trinajstić information content (AvgIpc) is 2.49. The largest absolute Gasteiger partial charge is 0.774 e. The van der Waals surface area contributed by atoms with E-state index in [1.807, 2.05) is 12.1 Å². The van der Waals surface area contributed by atoms with Crippen molar-refractivity contribution in [1.29, 1.82) is 0 Å². The van der Waals surface area contributed by atoms with E-state index < -0.39 is 13.4 Å². The number of phenolic OH excluding ortho intramolecular Hbond substituents is 1. The molecule has 1 unspecified atom stereocenters. The highest BCUT2D eigenvalue weighted by molar-refractivity contribution is 7.51. The van der Waals surface area contributed by atoms with Gasteiger partial charge in [-0.3, -0.25) is 0 Å². The number of aliphatic hydroxyl groups excluding tert-OH is 1. The molecule has 2 rings (SSSR count). The molecule has 7 heteroatoms. The zero-order valence-electron chi connectivity index (χ0n) is 12.3. The third kappa shape index (κ3) is 3.48. The summed E-state index contributed by atoms with van der Waals surface area (Å²) < 4.78 is 17.3. The van der Waals surface area contributed by atoms with Gasteiger partial charge in [0, 0.05) is 0 Å². The molecule has 120 valence electrons. The van der Waals surface area contributed by atoms with Crippen molar-refractivity contribution < 1.29 is 29.5 Å². The van der Waals surface area contributed by atoms with E-state index in [4.69, 9.17) is 9.63 Å². The summed E-state index contributed by atoms with van der Waals surface area (Å²) in [5.41, 5.74) is 0.290. The van der Waals surface area contributed by atoms with E-state index >= 15 is 0 Å². The highest BCUT2D eigenvalue weighted by atomic mass is 31.2. The second kappa shape index (κ2) is 7.22. The van der Waals surface area contributed by atoms with Crippen LogP contribution in [-0.4, -0.2) is 30.0 Å². The van der Waals surface area contributed by atoms with Crippen LogP contribution in [0.15, 0.2) is 36.4 Å². The van der Waals surface area contributed by atoms with Crippen LogP contribution in [0.5, 0.6) is 5.75 Å². The quantitative estimate of drug-likeness (QED) is 0.649.